The van der Waals surface area contributed by atoms with Gasteiger partial charge in [-0.3, -0.25) is 4.79 Å². The Kier molecular flexibility index (Phi) is 6.22. The van der Waals surface area contributed by atoms with E-state index in [4.69, 9.17) is 11.6 Å². The Bertz CT molecular complexity index is 483. The molecule has 0 amide bonds. The SMILES string of the molecule is Cc1ccccc1.O=C(Cl)c1ccccc1I. The lowest BCUT2D eigenvalue weighted by Gasteiger charge is -1.94. The van der Waals surface area contributed by atoms with E-state index in [0.717, 1.165) is 3.57 Å². The number of carbonyl (C=O) groups is 1. The van der Waals surface area contributed by atoms with Crippen LogP contribution in [0.15, 0.2) is 54.6 Å². The highest BCUT2D eigenvalue weighted by atomic mass is 127. The molecule has 0 heterocycles. The Morgan fingerprint density at radius 3 is 1.88 bits per heavy atom. The smallest absolute Gasteiger partial charge is 0.253 e. The van der Waals surface area contributed by atoms with Crippen molar-refractivity contribution in [1.29, 1.82) is 0 Å². The van der Waals surface area contributed by atoms with Crippen molar-refractivity contribution in [1.82, 2.24) is 0 Å². The van der Waals surface area contributed by atoms with Crippen molar-refractivity contribution in [2.75, 3.05) is 0 Å². The van der Waals surface area contributed by atoms with E-state index >= 15 is 0 Å². The van der Waals surface area contributed by atoms with Gasteiger partial charge in [0.1, 0.15) is 0 Å². The zero-order chi connectivity index (χ0) is 12.7. The van der Waals surface area contributed by atoms with Crippen LogP contribution >= 0.6 is 34.2 Å². The number of benzene rings is 2. The molecule has 0 unspecified atom stereocenters. The molecule has 0 atom stereocenters. The number of aryl methyl sites for hydroxylation is 1. The lowest BCUT2D eigenvalue weighted by molar-refractivity contribution is 0.108. The van der Waals surface area contributed by atoms with Crippen molar-refractivity contribution >= 4 is 39.4 Å². The number of hydrogen-bond donors (Lipinski definition) is 0. The van der Waals surface area contributed by atoms with Gasteiger partial charge in [-0.25, -0.2) is 0 Å². The van der Waals surface area contributed by atoms with Crippen molar-refractivity contribution in [3.05, 3.63) is 69.3 Å². The molecule has 0 N–H and O–H groups in total. The van der Waals surface area contributed by atoms with Crippen molar-refractivity contribution < 1.29 is 4.79 Å². The van der Waals surface area contributed by atoms with Gasteiger partial charge in [0, 0.05) is 9.13 Å². The Balaban J connectivity index is 0.000000181. The summed E-state index contributed by atoms with van der Waals surface area (Å²) >= 11 is 7.34. The Morgan fingerprint density at radius 1 is 1.00 bits per heavy atom. The third-order valence-corrected chi connectivity index (χ3v) is 3.17. The second-order valence-corrected chi connectivity index (χ2v) is 4.91. The summed E-state index contributed by atoms with van der Waals surface area (Å²) in [6.07, 6.45) is 0. The van der Waals surface area contributed by atoms with E-state index in [0.29, 0.717) is 5.56 Å². The molecule has 1 nitrogen and oxygen atoms in total. The molecule has 0 fully saturated rings. The molecular formula is C14H12ClIO. The highest BCUT2D eigenvalue weighted by molar-refractivity contribution is 14.1. The van der Waals surface area contributed by atoms with E-state index in [1.165, 1.54) is 5.56 Å². The summed E-state index contributed by atoms with van der Waals surface area (Å²) < 4.78 is 0.889. The predicted octanol–water partition coefficient (Wildman–Crippen LogP) is 4.67. The van der Waals surface area contributed by atoms with Gasteiger partial charge in [-0.05, 0) is 53.2 Å². The zero-order valence-electron chi connectivity index (χ0n) is 9.36. The second kappa shape index (κ2) is 7.45. The van der Waals surface area contributed by atoms with Gasteiger partial charge in [0.15, 0.2) is 0 Å². The van der Waals surface area contributed by atoms with Gasteiger partial charge in [0.25, 0.3) is 5.24 Å². The largest absolute Gasteiger partial charge is 0.276 e. The summed E-state index contributed by atoms with van der Waals surface area (Å²) in [5.74, 6) is 0. The standard InChI is InChI=1S/C7H4ClIO.C7H8/c8-7(10)5-3-1-2-4-6(5)9;1-7-5-3-2-4-6-7/h1-4H;2-6H,1H3. The van der Waals surface area contributed by atoms with Crippen LogP contribution in [-0.4, -0.2) is 5.24 Å². The minimum atomic E-state index is -0.398. The molecule has 0 aliphatic heterocycles. The van der Waals surface area contributed by atoms with Crippen LogP contribution in [0.25, 0.3) is 0 Å². The average molecular weight is 359 g/mol. The Hall–Kier alpha value is -0.870. The van der Waals surface area contributed by atoms with E-state index in [9.17, 15) is 4.79 Å². The van der Waals surface area contributed by atoms with Crippen molar-refractivity contribution in [3.8, 4) is 0 Å². The number of halogens is 2. The van der Waals surface area contributed by atoms with Crippen LogP contribution in [0.1, 0.15) is 15.9 Å². The second-order valence-electron chi connectivity index (χ2n) is 3.41. The maximum absolute atomic E-state index is 10.6. The van der Waals surface area contributed by atoms with Crippen molar-refractivity contribution in [2.45, 2.75) is 6.92 Å². The van der Waals surface area contributed by atoms with Crippen LogP contribution in [0.4, 0.5) is 0 Å². The highest BCUT2D eigenvalue weighted by Crippen LogP contribution is 2.12. The summed E-state index contributed by atoms with van der Waals surface area (Å²) in [6.45, 7) is 2.08. The molecule has 17 heavy (non-hydrogen) atoms. The zero-order valence-corrected chi connectivity index (χ0v) is 12.3. The van der Waals surface area contributed by atoms with Crippen LogP contribution in [0.3, 0.4) is 0 Å². The van der Waals surface area contributed by atoms with Gasteiger partial charge in [0.05, 0.1) is 0 Å². The van der Waals surface area contributed by atoms with E-state index < -0.39 is 5.24 Å². The normalized spacial score (nSPS) is 9.12. The average Bonchev–Trinajstić information content (AvgIpc) is 2.31. The van der Waals surface area contributed by atoms with Crippen LogP contribution in [0.2, 0.25) is 0 Å². The molecule has 0 aromatic heterocycles. The van der Waals surface area contributed by atoms with Crippen LogP contribution < -0.4 is 0 Å². The van der Waals surface area contributed by atoms with Crippen LogP contribution in [0.5, 0.6) is 0 Å². The molecule has 0 aliphatic rings. The van der Waals surface area contributed by atoms with Gasteiger partial charge in [-0.1, -0.05) is 48.0 Å². The summed E-state index contributed by atoms with van der Waals surface area (Å²) in [7, 11) is 0. The third-order valence-electron chi connectivity index (χ3n) is 2.03. The third kappa shape index (κ3) is 5.33. The molecule has 2 rings (SSSR count). The van der Waals surface area contributed by atoms with E-state index in [1.54, 1.807) is 12.1 Å². The fourth-order valence-electron chi connectivity index (χ4n) is 1.15. The van der Waals surface area contributed by atoms with Crippen LogP contribution in [-0.2, 0) is 0 Å². The summed E-state index contributed by atoms with van der Waals surface area (Å²) in [5.41, 5.74) is 1.90. The number of rotatable bonds is 1. The molecule has 0 spiro atoms. The number of hydrogen-bond acceptors (Lipinski definition) is 1. The van der Waals surface area contributed by atoms with Crippen LogP contribution in [0, 0.1) is 10.5 Å². The highest BCUT2D eigenvalue weighted by Gasteiger charge is 2.03. The first kappa shape index (κ1) is 14.2. The predicted molar refractivity (Wildman–Crippen MR) is 80.5 cm³/mol. The van der Waals surface area contributed by atoms with Gasteiger partial charge in [0.2, 0.25) is 0 Å². The van der Waals surface area contributed by atoms with Crippen molar-refractivity contribution in [2.24, 2.45) is 0 Å². The fourth-order valence-corrected chi connectivity index (χ4v) is 2.11. The molecule has 0 saturated carbocycles. The maximum atomic E-state index is 10.6. The summed E-state index contributed by atoms with van der Waals surface area (Å²) in [6, 6.07) is 17.5. The molecule has 0 aliphatic carbocycles. The monoisotopic (exact) mass is 358 g/mol. The lowest BCUT2D eigenvalue weighted by atomic mass is 10.2. The Labute approximate surface area is 120 Å². The summed E-state index contributed by atoms with van der Waals surface area (Å²) in [5, 5.41) is -0.398. The maximum Gasteiger partial charge on any atom is 0.253 e. The first-order valence-corrected chi connectivity index (χ1v) is 6.53. The molecule has 3 heteroatoms. The van der Waals surface area contributed by atoms with Gasteiger partial charge in [-0.15, -0.1) is 0 Å². The van der Waals surface area contributed by atoms with E-state index in [2.05, 4.69) is 41.6 Å². The minimum absolute atomic E-state index is 0.398. The Morgan fingerprint density at radius 2 is 1.53 bits per heavy atom. The van der Waals surface area contributed by atoms with Gasteiger partial charge >= 0.3 is 0 Å². The fraction of sp³-hybridized carbons (Fsp3) is 0.0714. The quantitative estimate of drug-likeness (QED) is 0.535. The van der Waals surface area contributed by atoms with Gasteiger partial charge in [-0.2, -0.15) is 0 Å². The molecule has 2 aromatic rings. The molecular weight excluding hydrogens is 347 g/mol. The van der Waals surface area contributed by atoms with E-state index in [-0.39, 0.29) is 0 Å². The molecule has 0 saturated heterocycles. The van der Waals surface area contributed by atoms with E-state index in [1.807, 2.05) is 30.3 Å². The first-order valence-electron chi connectivity index (χ1n) is 5.07. The lowest BCUT2D eigenvalue weighted by Crippen LogP contribution is -1.90. The molecule has 88 valence electrons. The van der Waals surface area contributed by atoms with Gasteiger partial charge < -0.3 is 0 Å². The summed E-state index contributed by atoms with van der Waals surface area (Å²) in [4.78, 5) is 10.6. The first-order chi connectivity index (χ1) is 8.11. The number of carbonyl (C=O) groups excluding carboxylic acids is 1. The van der Waals surface area contributed by atoms with Crippen molar-refractivity contribution in [3.63, 3.8) is 0 Å². The molecule has 0 radical (unpaired) electrons. The molecule has 0 bridgehead atoms. The minimum Gasteiger partial charge on any atom is -0.276 e. The molecule has 2 aromatic carbocycles. The topological polar surface area (TPSA) is 17.1 Å².